The lowest BCUT2D eigenvalue weighted by Crippen LogP contribution is -2.22. The van der Waals surface area contributed by atoms with Crippen molar-refractivity contribution in [3.05, 3.63) is 59.4 Å². The number of hydrogen-bond donors (Lipinski definition) is 2. The fourth-order valence-electron chi connectivity index (χ4n) is 1.72. The Morgan fingerprint density at radius 1 is 1.05 bits per heavy atom. The fourth-order valence-corrected chi connectivity index (χ4v) is 1.72. The molecule has 0 spiro atoms. The van der Waals surface area contributed by atoms with Crippen molar-refractivity contribution in [2.45, 2.75) is 6.54 Å². The monoisotopic (exact) mass is 282 g/mol. The maximum Gasteiger partial charge on any atom is 0.190 e. The second-order valence-electron chi connectivity index (χ2n) is 4.01. The zero-order valence-corrected chi connectivity index (χ0v) is 10.7. The van der Waals surface area contributed by atoms with Gasteiger partial charge < -0.3 is 10.2 Å². The number of hydrazine groups is 1. The number of nitrogens with one attached hydrogen (secondary N) is 2. The summed E-state index contributed by atoms with van der Waals surface area (Å²) in [7, 11) is 1.12. The van der Waals surface area contributed by atoms with E-state index < -0.39 is 23.2 Å². The molecule has 2 aromatic rings. The Labute approximate surface area is 114 Å². The summed E-state index contributed by atoms with van der Waals surface area (Å²) < 4.78 is 45.2. The zero-order chi connectivity index (χ0) is 14.5. The van der Waals surface area contributed by atoms with Gasteiger partial charge in [-0.3, -0.25) is 0 Å². The molecule has 0 radical (unpaired) electrons. The first-order valence-corrected chi connectivity index (χ1v) is 5.87. The van der Waals surface area contributed by atoms with Crippen molar-refractivity contribution in [1.29, 1.82) is 0 Å². The lowest BCUT2D eigenvalue weighted by atomic mass is 10.1. The smallest absolute Gasteiger partial charge is 0.190 e. The van der Waals surface area contributed by atoms with E-state index in [-0.39, 0.29) is 12.1 Å². The second kappa shape index (κ2) is 6.29. The van der Waals surface area contributed by atoms with Crippen LogP contribution in [0.25, 0.3) is 0 Å². The van der Waals surface area contributed by atoms with Crippen molar-refractivity contribution >= 4 is 5.69 Å². The number of anilines is 1. The maximum absolute atomic E-state index is 13.8. The molecule has 0 saturated heterocycles. The van der Waals surface area contributed by atoms with E-state index in [1.54, 1.807) is 12.1 Å². The minimum Gasteiger partial charge on any atom is -0.491 e. The normalized spacial score (nSPS) is 10.4. The van der Waals surface area contributed by atoms with Crippen LogP contribution in [0.2, 0.25) is 0 Å². The third-order valence-electron chi connectivity index (χ3n) is 2.70. The van der Waals surface area contributed by atoms with Crippen LogP contribution in [0.3, 0.4) is 0 Å². The van der Waals surface area contributed by atoms with Crippen LogP contribution in [0.4, 0.5) is 18.9 Å². The molecule has 0 unspecified atom stereocenters. The van der Waals surface area contributed by atoms with Crippen molar-refractivity contribution in [3.63, 3.8) is 0 Å². The molecule has 3 nitrogen and oxygen atoms in total. The highest BCUT2D eigenvalue weighted by Gasteiger charge is 2.19. The van der Waals surface area contributed by atoms with Gasteiger partial charge in [0.2, 0.25) is 0 Å². The van der Waals surface area contributed by atoms with Crippen LogP contribution in [0, 0.1) is 17.5 Å². The first kappa shape index (κ1) is 14.2. The van der Waals surface area contributed by atoms with E-state index in [1.807, 2.05) is 18.2 Å². The van der Waals surface area contributed by atoms with E-state index in [9.17, 15) is 13.2 Å². The molecular formula is C14H13F3N2O. The summed E-state index contributed by atoms with van der Waals surface area (Å²) in [5.41, 5.74) is 5.88. The Bertz CT molecular complexity index is 591. The molecule has 0 amide bonds. The van der Waals surface area contributed by atoms with E-state index in [4.69, 9.17) is 0 Å². The Morgan fingerprint density at radius 2 is 1.75 bits per heavy atom. The zero-order valence-electron chi connectivity index (χ0n) is 10.7. The average molecular weight is 282 g/mol. The predicted molar refractivity (Wildman–Crippen MR) is 69.8 cm³/mol. The van der Waals surface area contributed by atoms with Gasteiger partial charge in [0.25, 0.3) is 0 Å². The van der Waals surface area contributed by atoms with Crippen LogP contribution >= 0.6 is 0 Å². The molecule has 0 aliphatic rings. The van der Waals surface area contributed by atoms with Gasteiger partial charge in [0.05, 0.1) is 7.11 Å². The molecule has 0 aliphatic carbocycles. The average Bonchev–Trinajstić information content (AvgIpc) is 2.44. The van der Waals surface area contributed by atoms with Gasteiger partial charge in [0.1, 0.15) is 5.82 Å². The van der Waals surface area contributed by atoms with Gasteiger partial charge in [-0.1, -0.05) is 18.2 Å². The fraction of sp³-hybridized carbons (Fsp3) is 0.143. The van der Waals surface area contributed by atoms with Gasteiger partial charge in [0, 0.05) is 23.9 Å². The summed E-state index contributed by atoms with van der Waals surface area (Å²) in [6.45, 7) is -0.163. The summed E-state index contributed by atoms with van der Waals surface area (Å²) in [5.74, 6) is -3.68. The summed E-state index contributed by atoms with van der Waals surface area (Å²) in [5, 5.41) is 0. The number of rotatable bonds is 5. The second-order valence-corrected chi connectivity index (χ2v) is 4.01. The number of ether oxygens (including phenoxy) is 1. The molecular weight excluding hydrogens is 269 g/mol. The molecule has 2 rings (SSSR count). The predicted octanol–water partition coefficient (Wildman–Crippen LogP) is 3.23. The quantitative estimate of drug-likeness (QED) is 0.826. The number of para-hydroxylation sites is 1. The molecule has 0 fully saturated rings. The highest BCUT2D eigenvalue weighted by atomic mass is 19.1. The Morgan fingerprint density at radius 3 is 2.40 bits per heavy atom. The molecule has 0 aromatic heterocycles. The van der Waals surface area contributed by atoms with Crippen molar-refractivity contribution in [2.24, 2.45) is 0 Å². The Kier molecular flexibility index (Phi) is 4.47. The van der Waals surface area contributed by atoms with Gasteiger partial charge in [-0.2, -0.15) is 0 Å². The summed E-state index contributed by atoms with van der Waals surface area (Å²) in [4.78, 5) is 0. The minimum absolute atomic E-state index is 0.163. The molecule has 0 bridgehead atoms. The lowest BCUT2D eigenvalue weighted by Gasteiger charge is -2.12. The number of halogens is 3. The van der Waals surface area contributed by atoms with Gasteiger partial charge in [-0.15, -0.1) is 0 Å². The van der Waals surface area contributed by atoms with Gasteiger partial charge in [0.15, 0.2) is 17.4 Å². The largest absolute Gasteiger partial charge is 0.491 e. The molecule has 0 aliphatic heterocycles. The van der Waals surface area contributed by atoms with E-state index in [2.05, 4.69) is 15.6 Å². The lowest BCUT2D eigenvalue weighted by molar-refractivity contribution is 0.352. The summed E-state index contributed by atoms with van der Waals surface area (Å²) in [6.07, 6.45) is 0. The van der Waals surface area contributed by atoms with Crippen molar-refractivity contribution in [3.8, 4) is 5.75 Å². The van der Waals surface area contributed by atoms with E-state index in [0.717, 1.165) is 12.8 Å². The first-order valence-electron chi connectivity index (χ1n) is 5.87. The molecule has 20 heavy (non-hydrogen) atoms. The molecule has 0 saturated carbocycles. The van der Waals surface area contributed by atoms with Gasteiger partial charge in [-0.05, 0) is 12.1 Å². The molecule has 0 heterocycles. The highest BCUT2D eigenvalue weighted by Crippen LogP contribution is 2.26. The Balaban J connectivity index is 2.10. The standard InChI is InChI=1S/C14H13F3N2O/c1-20-14-12(16)7-11(15)10(13(14)17)8-18-19-9-5-3-2-4-6-9/h2-7,18-19H,8H2,1H3. The van der Waals surface area contributed by atoms with Gasteiger partial charge in [-0.25, -0.2) is 18.6 Å². The third kappa shape index (κ3) is 3.03. The molecule has 0 atom stereocenters. The van der Waals surface area contributed by atoms with Crippen LogP contribution < -0.4 is 15.6 Å². The van der Waals surface area contributed by atoms with E-state index in [1.165, 1.54) is 0 Å². The van der Waals surface area contributed by atoms with Crippen molar-refractivity contribution in [1.82, 2.24) is 5.43 Å². The van der Waals surface area contributed by atoms with Crippen LogP contribution in [0.5, 0.6) is 5.75 Å². The molecule has 106 valence electrons. The maximum atomic E-state index is 13.8. The van der Waals surface area contributed by atoms with Crippen molar-refractivity contribution < 1.29 is 17.9 Å². The molecule has 2 N–H and O–H groups in total. The Hall–Kier alpha value is -2.21. The summed E-state index contributed by atoms with van der Waals surface area (Å²) in [6, 6.07) is 9.63. The minimum atomic E-state index is -1.07. The van der Waals surface area contributed by atoms with Crippen LogP contribution in [0.1, 0.15) is 5.56 Å². The number of methoxy groups -OCH3 is 1. The molecule has 2 aromatic carbocycles. The highest BCUT2D eigenvalue weighted by molar-refractivity contribution is 5.41. The van der Waals surface area contributed by atoms with Gasteiger partial charge >= 0.3 is 0 Å². The topological polar surface area (TPSA) is 33.3 Å². The SMILES string of the molecule is COc1c(F)cc(F)c(CNNc2ccccc2)c1F. The van der Waals surface area contributed by atoms with Crippen molar-refractivity contribution in [2.75, 3.05) is 12.5 Å². The summed E-state index contributed by atoms with van der Waals surface area (Å²) >= 11 is 0. The first-order chi connectivity index (χ1) is 9.63. The van der Waals surface area contributed by atoms with E-state index in [0.29, 0.717) is 6.07 Å². The number of hydrogen-bond acceptors (Lipinski definition) is 3. The molecule has 6 heteroatoms. The van der Waals surface area contributed by atoms with E-state index >= 15 is 0 Å². The number of benzene rings is 2. The van der Waals surface area contributed by atoms with Crippen LogP contribution in [-0.4, -0.2) is 7.11 Å². The van der Waals surface area contributed by atoms with Crippen LogP contribution in [-0.2, 0) is 6.54 Å². The van der Waals surface area contributed by atoms with Crippen LogP contribution in [0.15, 0.2) is 36.4 Å². The third-order valence-corrected chi connectivity index (χ3v) is 2.70.